The highest BCUT2D eigenvalue weighted by Crippen LogP contribution is 2.35. The van der Waals surface area contributed by atoms with Crippen LogP contribution < -0.4 is 14.9 Å². The molecule has 4 rings (SSSR count). The first-order chi connectivity index (χ1) is 13.7. The number of halogens is 1. The molecule has 11 heteroatoms. The Morgan fingerprint density at radius 1 is 1.28 bits per heavy atom. The van der Waals surface area contributed by atoms with E-state index in [1.807, 2.05) is 4.90 Å². The normalized spacial score (nSPS) is 23.6. The van der Waals surface area contributed by atoms with Gasteiger partial charge < -0.3 is 10.2 Å². The minimum Gasteiger partial charge on any atom is -0.349 e. The van der Waals surface area contributed by atoms with Gasteiger partial charge >= 0.3 is 0 Å². The van der Waals surface area contributed by atoms with Gasteiger partial charge in [-0.2, -0.15) is 13.5 Å². The Morgan fingerprint density at radius 3 is 2.86 bits per heavy atom. The van der Waals surface area contributed by atoms with Gasteiger partial charge in [0.1, 0.15) is 11.0 Å². The first-order valence-electron chi connectivity index (χ1n) is 9.44. The summed E-state index contributed by atoms with van der Waals surface area (Å²) in [7, 11) is -4.11. The smallest absolute Gasteiger partial charge is 0.283 e. The van der Waals surface area contributed by atoms with E-state index in [2.05, 4.69) is 34.0 Å². The Balaban J connectivity index is 1.79. The highest BCUT2D eigenvalue weighted by Gasteiger charge is 2.41. The first-order valence-corrected chi connectivity index (χ1v) is 11.3. The lowest BCUT2D eigenvalue weighted by molar-refractivity contribution is 0.0981. The lowest BCUT2D eigenvalue weighted by atomic mass is 9.99. The van der Waals surface area contributed by atoms with Gasteiger partial charge in [0, 0.05) is 30.9 Å². The molecule has 2 aliphatic heterocycles. The number of rotatable bonds is 0. The van der Waals surface area contributed by atoms with Crippen LogP contribution in [0.3, 0.4) is 0 Å². The van der Waals surface area contributed by atoms with Crippen molar-refractivity contribution >= 4 is 33.3 Å². The summed E-state index contributed by atoms with van der Waals surface area (Å²) in [5.74, 6) is -0.388. The summed E-state index contributed by atoms with van der Waals surface area (Å²) in [6, 6.07) is 4.58. The van der Waals surface area contributed by atoms with Crippen LogP contribution in [-0.2, 0) is 16.6 Å². The number of aryl methyl sites for hydroxylation is 1. The zero-order chi connectivity index (χ0) is 20.8. The summed E-state index contributed by atoms with van der Waals surface area (Å²) >= 11 is 6.12. The van der Waals surface area contributed by atoms with Crippen LogP contribution in [0.2, 0.25) is 5.15 Å². The fraction of sp³-hybridized carbons (Fsp3) is 0.500. The molecule has 0 saturated carbocycles. The van der Waals surface area contributed by atoms with Crippen LogP contribution in [0.5, 0.6) is 0 Å². The predicted octanol–water partition coefficient (Wildman–Crippen LogP) is 1.40. The minimum absolute atomic E-state index is 0.154. The predicted molar refractivity (Wildman–Crippen MR) is 109 cm³/mol. The maximum Gasteiger partial charge on any atom is 0.283 e. The molecule has 1 atom stereocenters. The third-order valence-corrected chi connectivity index (χ3v) is 6.77. The molecule has 1 fully saturated rings. The quantitative estimate of drug-likeness (QED) is 0.598. The molecular formula is C18H23ClN6O3S. The number of sulfonamides is 1. The van der Waals surface area contributed by atoms with E-state index in [0.29, 0.717) is 18.9 Å². The van der Waals surface area contributed by atoms with Gasteiger partial charge in [0.15, 0.2) is 5.03 Å². The summed E-state index contributed by atoms with van der Waals surface area (Å²) in [6.07, 6.45) is 3.25. The van der Waals surface area contributed by atoms with E-state index in [4.69, 9.17) is 11.6 Å². The minimum atomic E-state index is -4.11. The molecule has 2 aromatic rings. The number of hydrogen-bond acceptors (Lipinski definition) is 7. The molecule has 1 saturated heterocycles. The monoisotopic (exact) mass is 438 g/mol. The van der Waals surface area contributed by atoms with Crippen LogP contribution in [0.15, 0.2) is 29.4 Å². The molecule has 1 unspecified atom stereocenters. The number of amides is 1. The molecule has 156 valence electrons. The largest absolute Gasteiger partial charge is 0.349 e. The fourth-order valence-electron chi connectivity index (χ4n) is 3.95. The Labute approximate surface area is 174 Å². The second-order valence-corrected chi connectivity index (χ2v) is 10.0. The van der Waals surface area contributed by atoms with E-state index in [-0.39, 0.29) is 27.3 Å². The number of anilines is 1. The summed E-state index contributed by atoms with van der Waals surface area (Å²) < 4.78 is 29.0. The van der Waals surface area contributed by atoms with Crippen molar-refractivity contribution in [2.24, 2.45) is 0 Å². The molecule has 0 aliphatic carbocycles. The van der Waals surface area contributed by atoms with Crippen molar-refractivity contribution in [2.45, 2.75) is 49.8 Å². The van der Waals surface area contributed by atoms with Crippen LogP contribution in [0.4, 0.5) is 5.82 Å². The molecule has 0 spiro atoms. The first kappa shape index (κ1) is 20.1. The number of pyridine rings is 1. The van der Waals surface area contributed by atoms with Gasteiger partial charge in [0.05, 0.1) is 5.56 Å². The van der Waals surface area contributed by atoms with Crippen molar-refractivity contribution in [1.82, 2.24) is 24.8 Å². The second-order valence-electron chi connectivity index (χ2n) is 7.99. The number of carbonyl (C=O) groups is 1. The van der Waals surface area contributed by atoms with E-state index in [1.54, 1.807) is 10.9 Å². The molecule has 29 heavy (non-hydrogen) atoms. The van der Waals surface area contributed by atoms with E-state index < -0.39 is 15.9 Å². The lowest BCUT2D eigenvalue weighted by Gasteiger charge is -2.33. The van der Waals surface area contributed by atoms with Crippen molar-refractivity contribution in [3.8, 4) is 0 Å². The molecule has 0 aromatic carbocycles. The number of nitrogens with zero attached hydrogens (tertiary/aromatic N) is 4. The number of aromatic nitrogens is 3. The SMILES string of the molecule is CC1(C)CC2CN1c1nc(Cl)ccc1C(=O)NS(=O)(=O)c1ccn(n1)CCCN2. The average Bonchev–Trinajstić information content (AvgIpc) is 3.22. The number of nitrogens with one attached hydrogen (secondary N) is 2. The molecule has 1 amide bonds. The van der Waals surface area contributed by atoms with Gasteiger partial charge in [-0.05, 0) is 51.4 Å². The number of carbonyl (C=O) groups excluding carboxylic acids is 1. The van der Waals surface area contributed by atoms with Gasteiger partial charge in [-0.25, -0.2) is 9.71 Å². The van der Waals surface area contributed by atoms with E-state index in [1.165, 1.54) is 18.2 Å². The highest BCUT2D eigenvalue weighted by atomic mass is 35.5. The van der Waals surface area contributed by atoms with Crippen molar-refractivity contribution < 1.29 is 13.2 Å². The van der Waals surface area contributed by atoms with Gasteiger partial charge in [0.25, 0.3) is 15.9 Å². The summed E-state index contributed by atoms with van der Waals surface area (Å²) in [4.78, 5) is 19.3. The summed E-state index contributed by atoms with van der Waals surface area (Å²) in [6.45, 7) is 6.13. The standard InChI is InChI=1S/C18H23ClN6O3S/c1-18(2)10-12-11-25(18)16-13(4-5-14(19)21-16)17(26)23-29(27,28)15-6-9-24(22-15)8-3-7-20-12/h4-6,9,12,20H,3,7-8,10-11H2,1-2H3,(H,23,26). The van der Waals surface area contributed by atoms with Crippen molar-refractivity contribution in [1.29, 1.82) is 0 Å². The zero-order valence-electron chi connectivity index (χ0n) is 16.2. The Morgan fingerprint density at radius 2 is 2.07 bits per heavy atom. The lowest BCUT2D eigenvalue weighted by Crippen LogP contribution is -2.41. The van der Waals surface area contributed by atoms with Crippen LogP contribution >= 0.6 is 11.6 Å². The molecular weight excluding hydrogens is 416 g/mol. The van der Waals surface area contributed by atoms with E-state index >= 15 is 0 Å². The van der Waals surface area contributed by atoms with Crippen LogP contribution in [0.1, 0.15) is 37.0 Å². The van der Waals surface area contributed by atoms with Gasteiger partial charge in [0.2, 0.25) is 0 Å². The van der Waals surface area contributed by atoms with Crippen molar-refractivity contribution in [3.63, 3.8) is 0 Å². The third kappa shape index (κ3) is 3.96. The van der Waals surface area contributed by atoms with Crippen molar-refractivity contribution in [3.05, 3.63) is 35.1 Å². The molecule has 4 heterocycles. The maximum absolute atomic E-state index is 12.9. The molecule has 2 aromatic heterocycles. The van der Waals surface area contributed by atoms with Crippen LogP contribution in [0.25, 0.3) is 0 Å². The van der Waals surface area contributed by atoms with Crippen LogP contribution in [0, 0.1) is 0 Å². The highest BCUT2D eigenvalue weighted by molar-refractivity contribution is 7.90. The molecule has 4 bridgehead atoms. The topological polar surface area (TPSA) is 109 Å². The molecule has 2 aliphatic rings. The zero-order valence-corrected chi connectivity index (χ0v) is 17.8. The average molecular weight is 439 g/mol. The van der Waals surface area contributed by atoms with Gasteiger partial charge in [-0.1, -0.05) is 11.6 Å². The Bertz CT molecular complexity index is 1050. The van der Waals surface area contributed by atoms with Gasteiger partial charge in [-0.15, -0.1) is 0 Å². The summed E-state index contributed by atoms with van der Waals surface area (Å²) in [5.41, 5.74) is -0.130. The second kappa shape index (κ2) is 7.26. The van der Waals surface area contributed by atoms with Gasteiger partial charge in [-0.3, -0.25) is 9.48 Å². The summed E-state index contributed by atoms with van der Waals surface area (Å²) in [5, 5.41) is 7.68. The Hall–Kier alpha value is -2.17. The molecule has 2 N–H and O–H groups in total. The number of hydrogen-bond donors (Lipinski definition) is 2. The molecule has 9 nitrogen and oxygen atoms in total. The Kier molecular flexibility index (Phi) is 5.04. The van der Waals surface area contributed by atoms with Crippen molar-refractivity contribution in [2.75, 3.05) is 18.0 Å². The van der Waals surface area contributed by atoms with Crippen LogP contribution in [-0.4, -0.2) is 53.8 Å². The number of fused-ring (bicyclic) bond motifs is 6. The van der Waals surface area contributed by atoms with E-state index in [9.17, 15) is 13.2 Å². The molecule has 0 radical (unpaired) electrons. The van der Waals surface area contributed by atoms with E-state index in [0.717, 1.165) is 19.4 Å². The third-order valence-electron chi connectivity index (χ3n) is 5.34. The maximum atomic E-state index is 12.9. The fourth-order valence-corrected chi connectivity index (χ4v) is 5.00.